The smallest absolute Gasteiger partial charge is 0.0547 e. The van der Waals surface area contributed by atoms with Gasteiger partial charge in [-0.15, -0.1) is 0 Å². The topological polar surface area (TPSA) is 8.17 Å². The van der Waals surface area contributed by atoms with Crippen molar-refractivity contribution in [1.82, 2.24) is 4.57 Å². The second kappa shape index (κ2) is 11.3. The van der Waals surface area contributed by atoms with Gasteiger partial charge in [0.25, 0.3) is 0 Å². The Labute approximate surface area is 298 Å². The molecule has 9 aromatic rings. The van der Waals surface area contributed by atoms with Gasteiger partial charge in [-0.2, -0.15) is 0 Å². The van der Waals surface area contributed by atoms with Gasteiger partial charge in [0.1, 0.15) is 0 Å². The minimum absolute atomic E-state index is 0.0988. The van der Waals surface area contributed by atoms with Gasteiger partial charge >= 0.3 is 0 Å². The lowest BCUT2D eigenvalue weighted by atomic mass is 9.82. The molecule has 0 bridgehead atoms. The van der Waals surface area contributed by atoms with E-state index in [2.05, 4.69) is 205 Å². The Morgan fingerprint density at radius 1 is 0.412 bits per heavy atom. The highest BCUT2D eigenvalue weighted by Crippen LogP contribution is 2.50. The van der Waals surface area contributed by atoms with Crippen LogP contribution in [0.5, 0.6) is 0 Å². The van der Waals surface area contributed by atoms with Crippen molar-refractivity contribution in [1.29, 1.82) is 0 Å². The van der Waals surface area contributed by atoms with Crippen LogP contribution in [0.2, 0.25) is 0 Å². The van der Waals surface area contributed by atoms with E-state index < -0.39 is 0 Å². The molecule has 242 valence electrons. The highest BCUT2D eigenvalue weighted by atomic mass is 15.1. The Hall–Kier alpha value is -6.38. The maximum atomic E-state index is 2.43. The van der Waals surface area contributed by atoms with E-state index in [-0.39, 0.29) is 5.41 Å². The third-order valence-electron chi connectivity index (χ3n) is 10.9. The van der Waals surface area contributed by atoms with Crippen LogP contribution in [0.1, 0.15) is 25.0 Å². The second-order valence-electron chi connectivity index (χ2n) is 14.2. The number of benzene rings is 8. The van der Waals surface area contributed by atoms with Crippen LogP contribution < -0.4 is 4.90 Å². The fourth-order valence-corrected chi connectivity index (χ4v) is 8.42. The van der Waals surface area contributed by atoms with Crippen molar-refractivity contribution in [2.75, 3.05) is 4.90 Å². The molecule has 2 heteroatoms. The molecule has 0 atom stereocenters. The molecule has 1 aromatic heterocycles. The molecule has 1 aliphatic carbocycles. The van der Waals surface area contributed by atoms with Gasteiger partial charge in [-0.3, -0.25) is 0 Å². The van der Waals surface area contributed by atoms with Crippen LogP contribution in [0, 0.1) is 0 Å². The number of rotatable bonds is 5. The Morgan fingerprint density at radius 3 is 1.90 bits per heavy atom. The van der Waals surface area contributed by atoms with E-state index in [0.29, 0.717) is 0 Å². The fourth-order valence-electron chi connectivity index (χ4n) is 8.42. The summed E-state index contributed by atoms with van der Waals surface area (Å²) in [7, 11) is 0. The van der Waals surface area contributed by atoms with Crippen molar-refractivity contribution in [2.24, 2.45) is 0 Å². The molecule has 51 heavy (non-hydrogen) atoms. The largest absolute Gasteiger partial charge is 0.310 e. The van der Waals surface area contributed by atoms with E-state index in [0.717, 1.165) is 22.7 Å². The highest BCUT2D eigenvalue weighted by Gasteiger charge is 2.35. The molecule has 0 unspecified atom stereocenters. The van der Waals surface area contributed by atoms with Crippen molar-refractivity contribution >= 4 is 49.6 Å². The van der Waals surface area contributed by atoms with E-state index in [4.69, 9.17) is 0 Å². The zero-order chi connectivity index (χ0) is 34.1. The molecule has 2 nitrogen and oxygen atoms in total. The molecule has 0 fully saturated rings. The molecule has 0 saturated heterocycles. The van der Waals surface area contributed by atoms with E-state index in [1.54, 1.807) is 0 Å². The van der Waals surface area contributed by atoms with Crippen LogP contribution in [0.25, 0.3) is 60.5 Å². The summed E-state index contributed by atoms with van der Waals surface area (Å²) in [6.45, 7) is 4.71. The van der Waals surface area contributed by atoms with Crippen LogP contribution in [-0.2, 0) is 5.41 Å². The van der Waals surface area contributed by atoms with E-state index in [9.17, 15) is 0 Å². The van der Waals surface area contributed by atoms with Crippen LogP contribution in [-0.4, -0.2) is 4.57 Å². The molecule has 1 aliphatic rings. The lowest BCUT2D eigenvalue weighted by Gasteiger charge is -2.28. The summed E-state index contributed by atoms with van der Waals surface area (Å²) < 4.78 is 2.43. The minimum atomic E-state index is -0.0988. The van der Waals surface area contributed by atoms with Gasteiger partial charge in [-0.1, -0.05) is 135 Å². The number of para-hydroxylation sites is 1. The number of hydrogen-bond acceptors (Lipinski definition) is 1. The summed E-state index contributed by atoms with van der Waals surface area (Å²) in [6, 6.07) is 66.7. The van der Waals surface area contributed by atoms with Crippen LogP contribution in [0.4, 0.5) is 17.1 Å². The molecule has 1 heterocycles. The maximum Gasteiger partial charge on any atom is 0.0547 e. The average molecular weight is 653 g/mol. The number of anilines is 3. The molecule has 8 aromatic carbocycles. The first kappa shape index (κ1) is 29.5. The van der Waals surface area contributed by atoms with Crippen molar-refractivity contribution in [3.8, 4) is 27.9 Å². The monoisotopic (exact) mass is 652 g/mol. The number of fused-ring (bicyclic) bond motifs is 7. The quantitative estimate of drug-likeness (QED) is 0.180. The molecule has 0 saturated carbocycles. The molecule has 0 spiro atoms. The predicted octanol–water partition coefficient (Wildman–Crippen LogP) is 13.4. The van der Waals surface area contributed by atoms with Crippen molar-refractivity contribution in [3.05, 3.63) is 193 Å². The highest BCUT2D eigenvalue weighted by molar-refractivity contribution is 6.13. The SMILES string of the molecule is CC1(C)c2ccccc2-c2ccc(N(c3ccc(-c4ccccc4)cc3)c3cccc(-n4c5ccccc5c5cc6ccccc6cc54)c3)cc21. The Morgan fingerprint density at radius 2 is 1.06 bits per heavy atom. The normalized spacial score (nSPS) is 13.1. The van der Waals surface area contributed by atoms with Crippen molar-refractivity contribution in [2.45, 2.75) is 19.3 Å². The van der Waals surface area contributed by atoms with Crippen LogP contribution >= 0.6 is 0 Å². The Bertz CT molecular complexity index is 2770. The molecule has 0 radical (unpaired) electrons. The first-order chi connectivity index (χ1) is 25.0. The summed E-state index contributed by atoms with van der Waals surface area (Å²) >= 11 is 0. The average Bonchev–Trinajstić information content (AvgIpc) is 3.62. The number of aromatic nitrogens is 1. The Kier molecular flexibility index (Phi) is 6.56. The first-order valence-electron chi connectivity index (χ1n) is 17.8. The lowest BCUT2D eigenvalue weighted by Crippen LogP contribution is -2.16. The molecule has 10 rings (SSSR count). The van der Waals surface area contributed by atoms with Crippen molar-refractivity contribution < 1.29 is 0 Å². The van der Waals surface area contributed by atoms with Gasteiger partial charge in [0.2, 0.25) is 0 Å². The number of nitrogens with zero attached hydrogens (tertiary/aromatic N) is 2. The standard InChI is InChI=1S/C49H36N2/c1-49(2)45-21-10-8-19-41(45)42-28-27-40(32-46(42)49)50(37-25-23-34(24-26-37)33-13-4-3-5-14-33)38-17-12-18-39(31-38)51-47-22-11-9-20-43(47)44-29-35-15-6-7-16-36(35)30-48(44)51/h3-32H,1-2H3. The zero-order valence-corrected chi connectivity index (χ0v) is 28.7. The molecular formula is C49H36N2. The van der Waals surface area contributed by atoms with E-state index in [1.807, 2.05) is 0 Å². The zero-order valence-electron chi connectivity index (χ0n) is 28.7. The third kappa shape index (κ3) is 4.64. The lowest BCUT2D eigenvalue weighted by molar-refractivity contribution is 0.660. The predicted molar refractivity (Wildman–Crippen MR) is 216 cm³/mol. The second-order valence-corrected chi connectivity index (χ2v) is 14.2. The molecule has 0 N–H and O–H groups in total. The van der Waals surface area contributed by atoms with Crippen LogP contribution in [0.15, 0.2) is 182 Å². The van der Waals surface area contributed by atoms with Gasteiger partial charge in [-0.05, 0) is 105 Å². The summed E-state index contributed by atoms with van der Waals surface area (Å²) in [4.78, 5) is 2.42. The Balaban J connectivity index is 1.17. The minimum Gasteiger partial charge on any atom is -0.310 e. The van der Waals surface area contributed by atoms with Gasteiger partial charge < -0.3 is 9.47 Å². The maximum absolute atomic E-state index is 2.43. The third-order valence-corrected chi connectivity index (χ3v) is 10.9. The molecule has 0 aliphatic heterocycles. The first-order valence-corrected chi connectivity index (χ1v) is 17.8. The molecule has 0 amide bonds. The summed E-state index contributed by atoms with van der Waals surface area (Å²) in [6.07, 6.45) is 0. The van der Waals surface area contributed by atoms with E-state index >= 15 is 0 Å². The van der Waals surface area contributed by atoms with Gasteiger partial charge in [0.05, 0.1) is 11.0 Å². The summed E-state index contributed by atoms with van der Waals surface area (Å²) in [5.41, 5.74) is 14.7. The van der Waals surface area contributed by atoms with E-state index in [1.165, 1.54) is 66.0 Å². The van der Waals surface area contributed by atoms with Gasteiger partial charge in [0, 0.05) is 38.9 Å². The van der Waals surface area contributed by atoms with Gasteiger partial charge in [0.15, 0.2) is 0 Å². The van der Waals surface area contributed by atoms with Gasteiger partial charge in [-0.25, -0.2) is 0 Å². The fraction of sp³-hybridized carbons (Fsp3) is 0.0612. The summed E-state index contributed by atoms with van der Waals surface area (Å²) in [5.74, 6) is 0. The summed E-state index contributed by atoms with van der Waals surface area (Å²) in [5, 5.41) is 5.03. The van der Waals surface area contributed by atoms with Crippen molar-refractivity contribution in [3.63, 3.8) is 0 Å². The van der Waals surface area contributed by atoms with Crippen LogP contribution in [0.3, 0.4) is 0 Å². The number of hydrogen-bond donors (Lipinski definition) is 0. The molecular weight excluding hydrogens is 617 g/mol.